The van der Waals surface area contributed by atoms with Crippen molar-refractivity contribution in [1.29, 1.82) is 0 Å². The summed E-state index contributed by atoms with van der Waals surface area (Å²) < 4.78 is 0. The highest BCUT2D eigenvalue weighted by Gasteiger charge is 2.01. The van der Waals surface area contributed by atoms with Gasteiger partial charge in [0.05, 0.1) is 0 Å². The zero-order chi connectivity index (χ0) is 11.4. The van der Waals surface area contributed by atoms with Gasteiger partial charge in [-0.3, -0.25) is 4.79 Å². The molecule has 0 fully saturated rings. The highest BCUT2D eigenvalue weighted by Crippen LogP contribution is 2.26. The van der Waals surface area contributed by atoms with Crippen LogP contribution >= 0.6 is 11.8 Å². The monoisotopic (exact) mass is 230 g/mol. The summed E-state index contributed by atoms with van der Waals surface area (Å²) in [5.74, 6) is 0. The second-order valence-corrected chi connectivity index (χ2v) is 4.38. The van der Waals surface area contributed by atoms with Crippen molar-refractivity contribution in [3.8, 4) is 0 Å². The SMILES string of the molecule is Cc1cc(Sc2ccncn2)ccc1C=O. The van der Waals surface area contributed by atoms with Crippen molar-refractivity contribution < 1.29 is 4.79 Å². The van der Waals surface area contributed by atoms with E-state index in [1.807, 2.05) is 31.2 Å². The van der Waals surface area contributed by atoms with E-state index in [4.69, 9.17) is 0 Å². The summed E-state index contributed by atoms with van der Waals surface area (Å²) in [7, 11) is 0. The molecule has 0 spiro atoms. The highest BCUT2D eigenvalue weighted by molar-refractivity contribution is 7.99. The van der Waals surface area contributed by atoms with Crippen LogP contribution in [0, 0.1) is 6.92 Å². The van der Waals surface area contributed by atoms with E-state index in [1.165, 1.54) is 6.33 Å². The predicted molar refractivity (Wildman–Crippen MR) is 62.7 cm³/mol. The van der Waals surface area contributed by atoms with Crippen LogP contribution in [0.15, 0.2) is 46.7 Å². The minimum atomic E-state index is 0.729. The number of aromatic nitrogens is 2. The lowest BCUT2D eigenvalue weighted by Gasteiger charge is -2.03. The van der Waals surface area contributed by atoms with Crippen LogP contribution in [0.3, 0.4) is 0 Å². The van der Waals surface area contributed by atoms with Gasteiger partial charge in [-0.1, -0.05) is 17.8 Å². The number of carbonyl (C=O) groups is 1. The highest BCUT2D eigenvalue weighted by atomic mass is 32.2. The maximum absolute atomic E-state index is 10.7. The topological polar surface area (TPSA) is 42.9 Å². The van der Waals surface area contributed by atoms with Gasteiger partial charge in [0.2, 0.25) is 0 Å². The quantitative estimate of drug-likeness (QED) is 0.600. The van der Waals surface area contributed by atoms with Crippen molar-refractivity contribution in [2.45, 2.75) is 16.8 Å². The van der Waals surface area contributed by atoms with E-state index in [2.05, 4.69) is 9.97 Å². The molecule has 0 N–H and O–H groups in total. The fourth-order valence-electron chi connectivity index (χ4n) is 1.30. The number of hydrogen-bond donors (Lipinski definition) is 0. The molecule has 16 heavy (non-hydrogen) atoms. The largest absolute Gasteiger partial charge is 0.298 e. The molecule has 0 unspecified atom stereocenters. The van der Waals surface area contributed by atoms with Crippen LogP contribution < -0.4 is 0 Å². The van der Waals surface area contributed by atoms with Gasteiger partial charge in [-0.05, 0) is 30.7 Å². The van der Waals surface area contributed by atoms with Crippen LogP contribution in [0.25, 0.3) is 0 Å². The number of hydrogen-bond acceptors (Lipinski definition) is 4. The Kier molecular flexibility index (Phi) is 3.31. The van der Waals surface area contributed by atoms with Crippen LogP contribution in [-0.2, 0) is 0 Å². The van der Waals surface area contributed by atoms with Crippen LogP contribution in [0.5, 0.6) is 0 Å². The number of benzene rings is 1. The molecule has 0 saturated heterocycles. The second-order valence-electron chi connectivity index (χ2n) is 3.29. The van der Waals surface area contributed by atoms with Gasteiger partial charge in [0.1, 0.15) is 17.6 Å². The first-order valence-corrected chi connectivity index (χ1v) is 5.61. The van der Waals surface area contributed by atoms with Gasteiger partial charge in [0.15, 0.2) is 0 Å². The van der Waals surface area contributed by atoms with Gasteiger partial charge >= 0.3 is 0 Å². The van der Waals surface area contributed by atoms with Crippen LogP contribution in [0.1, 0.15) is 15.9 Å². The smallest absolute Gasteiger partial charge is 0.150 e. The third-order valence-electron chi connectivity index (χ3n) is 2.15. The van der Waals surface area contributed by atoms with E-state index < -0.39 is 0 Å². The maximum Gasteiger partial charge on any atom is 0.150 e. The molecule has 0 saturated carbocycles. The Morgan fingerprint density at radius 2 is 2.19 bits per heavy atom. The number of rotatable bonds is 3. The molecule has 1 heterocycles. The molecular formula is C12H10N2OS. The first kappa shape index (κ1) is 10.8. The molecular weight excluding hydrogens is 220 g/mol. The normalized spacial score (nSPS) is 10.1. The Labute approximate surface area is 97.9 Å². The minimum absolute atomic E-state index is 0.729. The van der Waals surface area contributed by atoms with Crippen molar-refractivity contribution >= 4 is 18.0 Å². The van der Waals surface area contributed by atoms with E-state index in [0.717, 1.165) is 27.3 Å². The van der Waals surface area contributed by atoms with Crippen molar-refractivity contribution in [3.05, 3.63) is 47.9 Å². The average molecular weight is 230 g/mol. The molecule has 0 bridgehead atoms. The van der Waals surface area contributed by atoms with Crippen molar-refractivity contribution in [2.75, 3.05) is 0 Å². The molecule has 2 aromatic rings. The van der Waals surface area contributed by atoms with Crippen molar-refractivity contribution in [2.24, 2.45) is 0 Å². The van der Waals surface area contributed by atoms with Crippen LogP contribution in [0.2, 0.25) is 0 Å². The molecule has 0 aliphatic heterocycles. The summed E-state index contributed by atoms with van der Waals surface area (Å²) in [6, 6.07) is 7.58. The van der Waals surface area contributed by atoms with E-state index in [1.54, 1.807) is 18.0 Å². The fraction of sp³-hybridized carbons (Fsp3) is 0.0833. The van der Waals surface area contributed by atoms with Crippen LogP contribution in [0.4, 0.5) is 0 Å². The summed E-state index contributed by atoms with van der Waals surface area (Å²) in [5, 5.41) is 0.897. The molecule has 0 atom stereocenters. The van der Waals surface area contributed by atoms with Gasteiger partial charge in [0, 0.05) is 16.7 Å². The molecule has 80 valence electrons. The molecule has 1 aromatic heterocycles. The van der Waals surface area contributed by atoms with E-state index in [0.29, 0.717) is 0 Å². The van der Waals surface area contributed by atoms with Gasteiger partial charge in [0.25, 0.3) is 0 Å². The number of nitrogens with zero attached hydrogens (tertiary/aromatic N) is 2. The van der Waals surface area contributed by atoms with Crippen molar-refractivity contribution in [1.82, 2.24) is 9.97 Å². The lowest BCUT2D eigenvalue weighted by molar-refractivity contribution is 0.112. The third-order valence-corrected chi connectivity index (χ3v) is 3.09. The summed E-state index contributed by atoms with van der Waals surface area (Å²) >= 11 is 1.55. The minimum Gasteiger partial charge on any atom is -0.298 e. The summed E-state index contributed by atoms with van der Waals surface area (Å²) in [5.41, 5.74) is 1.71. The number of carbonyl (C=O) groups excluding carboxylic acids is 1. The van der Waals surface area contributed by atoms with Gasteiger partial charge in [-0.15, -0.1) is 0 Å². The Bertz CT molecular complexity index is 500. The summed E-state index contributed by atoms with van der Waals surface area (Å²) in [4.78, 5) is 19.7. The molecule has 0 aliphatic carbocycles. The first-order chi connectivity index (χ1) is 7.79. The Morgan fingerprint density at radius 3 is 2.81 bits per heavy atom. The van der Waals surface area contributed by atoms with E-state index in [-0.39, 0.29) is 0 Å². The lowest BCUT2D eigenvalue weighted by atomic mass is 10.1. The van der Waals surface area contributed by atoms with Crippen LogP contribution in [-0.4, -0.2) is 16.3 Å². The predicted octanol–water partition coefficient (Wildman–Crippen LogP) is 2.75. The van der Waals surface area contributed by atoms with Gasteiger partial charge in [-0.2, -0.15) is 0 Å². The average Bonchev–Trinajstić information content (AvgIpc) is 2.31. The molecule has 1 aromatic carbocycles. The van der Waals surface area contributed by atoms with Gasteiger partial charge < -0.3 is 0 Å². The molecule has 3 nitrogen and oxygen atoms in total. The second kappa shape index (κ2) is 4.90. The standard InChI is InChI=1S/C12H10N2OS/c1-9-6-11(3-2-10(9)7-15)16-12-4-5-13-8-14-12/h2-8H,1H3. The number of aryl methyl sites for hydroxylation is 1. The van der Waals surface area contributed by atoms with Gasteiger partial charge in [-0.25, -0.2) is 9.97 Å². The fourth-order valence-corrected chi connectivity index (χ4v) is 2.15. The molecule has 4 heteroatoms. The summed E-state index contributed by atoms with van der Waals surface area (Å²) in [6.45, 7) is 1.92. The zero-order valence-corrected chi connectivity index (χ0v) is 9.57. The van der Waals surface area contributed by atoms with E-state index in [9.17, 15) is 4.79 Å². The van der Waals surface area contributed by atoms with E-state index >= 15 is 0 Å². The lowest BCUT2D eigenvalue weighted by Crippen LogP contribution is -1.86. The first-order valence-electron chi connectivity index (χ1n) is 4.79. The Hall–Kier alpha value is -1.68. The summed E-state index contributed by atoms with van der Waals surface area (Å²) in [6.07, 6.45) is 4.10. The molecule has 0 aliphatic rings. The molecule has 2 rings (SSSR count). The maximum atomic E-state index is 10.7. The van der Waals surface area contributed by atoms with Crippen molar-refractivity contribution in [3.63, 3.8) is 0 Å². The number of aldehydes is 1. The Morgan fingerprint density at radius 1 is 1.31 bits per heavy atom. The molecule has 0 amide bonds. The zero-order valence-electron chi connectivity index (χ0n) is 8.75. The Balaban J connectivity index is 2.23. The molecule has 0 radical (unpaired) electrons. The third kappa shape index (κ3) is 2.46.